The van der Waals surface area contributed by atoms with E-state index in [1.807, 2.05) is 6.92 Å². The van der Waals surface area contributed by atoms with Gasteiger partial charge in [0.15, 0.2) is 5.82 Å². The van der Waals surface area contributed by atoms with Crippen molar-refractivity contribution in [1.29, 1.82) is 0 Å². The average molecular weight is 256 g/mol. The summed E-state index contributed by atoms with van der Waals surface area (Å²) in [6.45, 7) is 6.58. The van der Waals surface area contributed by atoms with Crippen LogP contribution in [0.15, 0.2) is 0 Å². The molecule has 0 saturated heterocycles. The number of ether oxygens (including phenoxy) is 1. The molecule has 7 nitrogen and oxygen atoms in total. The Morgan fingerprint density at radius 2 is 2.11 bits per heavy atom. The van der Waals surface area contributed by atoms with Gasteiger partial charge in [-0.3, -0.25) is 4.79 Å². The minimum absolute atomic E-state index is 0.0636. The summed E-state index contributed by atoms with van der Waals surface area (Å²) in [5.41, 5.74) is 0. The molecule has 0 saturated carbocycles. The molecule has 2 unspecified atom stereocenters. The van der Waals surface area contributed by atoms with Crippen molar-refractivity contribution in [3.63, 3.8) is 0 Å². The van der Waals surface area contributed by atoms with Crippen LogP contribution in [0.25, 0.3) is 0 Å². The molecule has 0 amide bonds. The molecule has 0 radical (unpaired) electrons. The molecule has 1 N–H and O–H groups in total. The second-order valence-electron chi connectivity index (χ2n) is 4.71. The molecular weight excluding hydrogens is 236 g/mol. The Balaban J connectivity index is 2.78. The number of rotatable bonds is 7. The number of methoxy groups -OCH3 is 1. The number of aliphatic carboxylic acids is 1. The molecule has 0 aliphatic heterocycles. The van der Waals surface area contributed by atoms with Crippen molar-refractivity contribution in [3.05, 3.63) is 5.82 Å². The summed E-state index contributed by atoms with van der Waals surface area (Å²) in [7, 11) is 1.49. The third-order valence-electron chi connectivity index (χ3n) is 3.08. The van der Waals surface area contributed by atoms with E-state index < -0.39 is 12.1 Å². The van der Waals surface area contributed by atoms with Crippen LogP contribution in [0.5, 0.6) is 0 Å². The van der Waals surface area contributed by atoms with Crippen molar-refractivity contribution in [2.75, 3.05) is 7.11 Å². The fourth-order valence-electron chi connectivity index (χ4n) is 1.58. The summed E-state index contributed by atoms with van der Waals surface area (Å²) in [5.74, 6) is 0.489. The van der Waals surface area contributed by atoms with Crippen molar-refractivity contribution >= 4 is 5.97 Å². The van der Waals surface area contributed by atoms with Crippen molar-refractivity contribution in [1.82, 2.24) is 20.2 Å². The topological polar surface area (TPSA) is 90.1 Å². The Bertz CT molecular complexity index is 391. The Morgan fingerprint density at radius 1 is 1.44 bits per heavy atom. The van der Waals surface area contributed by atoms with Gasteiger partial charge in [0.25, 0.3) is 0 Å². The van der Waals surface area contributed by atoms with Gasteiger partial charge in [0.05, 0.1) is 19.1 Å². The van der Waals surface area contributed by atoms with Gasteiger partial charge in [-0.15, -0.1) is 5.10 Å². The van der Waals surface area contributed by atoms with Crippen LogP contribution in [0.1, 0.15) is 38.9 Å². The first kappa shape index (κ1) is 14.6. The highest BCUT2D eigenvalue weighted by molar-refractivity contribution is 5.67. The number of tetrazole rings is 1. The molecule has 0 spiro atoms. The Hall–Kier alpha value is -1.50. The lowest BCUT2D eigenvalue weighted by Crippen LogP contribution is -2.25. The van der Waals surface area contributed by atoms with Crippen LogP contribution in [0.2, 0.25) is 0 Å². The summed E-state index contributed by atoms with van der Waals surface area (Å²) in [4.78, 5) is 10.7. The molecule has 2 atom stereocenters. The average Bonchev–Trinajstić information content (AvgIpc) is 2.74. The second-order valence-corrected chi connectivity index (χ2v) is 4.71. The van der Waals surface area contributed by atoms with Gasteiger partial charge in [0.2, 0.25) is 0 Å². The van der Waals surface area contributed by atoms with Crippen LogP contribution in [-0.2, 0) is 16.1 Å². The number of hydrogen-bond donors (Lipinski definition) is 1. The summed E-state index contributed by atoms with van der Waals surface area (Å²) in [6.07, 6.45) is -0.490. The summed E-state index contributed by atoms with van der Waals surface area (Å²) >= 11 is 0. The van der Waals surface area contributed by atoms with Gasteiger partial charge in [-0.05, 0) is 16.3 Å². The Kier molecular flexibility index (Phi) is 5.21. The molecule has 0 aliphatic rings. The van der Waals surface area contributed by atoms with E-state index in [1.165, 1.54) is 7.11 Å². The van der Waals surface area contributed by atoms with Gasteiger partial charge in [-0.2, -0.15) is 0 Å². The molecule has 0 bridgehead atoms. The number of carboxylic acid groups (broad SMARTS) is 1. The van der Waals surface area contributed by atoms with Crippen LogP contribution in [0.4, 0.5) is 0 Å². The smallest absolute Gasteiger partial charge is 0.306 e. The van der Waals surface area contributed by atoms with E-state index in [2.05, 4.69) is 29.4 Å². The monoisotopic (exact) mass is 256 g/mol. The van der Waals surface area contributed by atoms with Gasteiger partial charge in [0, 0.05) is 13.0 Å². The fraction of sp³-hybridized carbons (Fsp3) is 0.818. The van der Waals surface area contributed by atoms with Crippen molar-refractivity contribution in [2.24, 2.45) is 5.92 Å². The quantitative estimate of drug-likeness (QED) is 0.780. The highest BCUT2D eigenvalue weighted by Crippen LogP contribution is 2.21. The van der Waals surface area contributed by atoms with E-state index in [1.54, 1.807) is 4.68 Å². The Labute approximate surface area is 106 Å². The molecule has 1 aromatic rings. The number of carboxylic acids is 1. The van der Waals surface area contributed by atoms with Gasteiger partial charge >= 0.3 is 5.97 Å². The van der Waals surface area contributed by atoms with Crippen LogP contribution in [0, 0.1) is 5.92 Å². The van der Waals surface area contributed by atoms with Crippen molar-refractivity contribution in [2.45, 2.75) is 45.8 Å². The zero-order valence-corrected chi connectivity index (χ0v) is 11.2. The van der Waals surface area contributed by atoms with E-state index in [-0.39, 0.29) is 12.3 Å². The summed E-state index contributed by atoms with van der Waals surface area (Å²) in [5, 5.41) is 20.3. The van der Waals surface area contributed by atoms with E-state index in [9.17, 15) is 4.79 Å². The normalized spacial score (nSPS) is 14.7. The minimum atomic E-state index is -0.895. The SMILES string of the molecule is COC(CC(=O)O)Cn1nnnc1C(C)C(C)C. The van der Waals surface area contributed by atoms with Crippen LogP contribution in [0.3, 0.4) is 0 Å². The standard InChI is InChI=1S/C11H20N4O3/c1-7(2)8(3)11-12-13-14-15(11)6-9(18-4)5-10(16)17/h7-9H,5-6H2,1-4H3,(H,16,17). The van der Waals surface area contributed by atoms with E-state index in [0.29, 0.717) is 12.5 Å². The molecule has 1 rings (SSSR count). The second kappa shape index (κ2) is 6.44. The van der Waals surface area contributed by atoms with Crippen LogP contribution >= 0.6 is 0 Å². The third-order valence-corrected chi connectivity index (χ3v) is 3.08. The Morgan fingerprint density at radius 3 is 2.61 bits per heavy atom. The molecule has 0 fully saturated rings. The number of hydrogen-bond acceptors (Lipinski definition) is 5. The summed E-state index contributed by atoms with van der Waals surface area (Å²) in [6, 6.07) is 0. The molecule has 0 aromatic carbocycles. The molecule has 18 heavy (non-hydrogen) atoms. The largest absolute Gasteiger partial charge is 0.481 e. The lowest BCUT2D eigenvalue weighted by molar-refractivity contribution is -0.140. The molecular formula is C11H20N4O3. The van der Waals surface area contributed by atoms with Crippen LogP contribution < -0.4 is 0 Å². The first-order valence-corrected chi connectivity index (χ1v) is 5.96. The number of aromatic nitrogens is 4. The highest BCUT2D eigenvalue weighted by atomic mass is 16.5. The molecule has 1 heterocycles. The molecule has 0 aliphatic carbocycles. The van der Waals surface area contributed by atoms with Gasteiger partial charge in [0.1, 0.15) is 0 Å². The zero-order valence-electron chi connectivity index (χ0n) is 11.2. The maximum absolute atomic E-state index is 10.7. The van der Waals surface area contributed by atoms with E-state index in [4.69, 9.17) is 9.84 Å². The summed E-state index contributed by atoms with van der Waals surface area (Å²) < 4.78 is 6.76. The number of carbonyl (C=O) groups is 1. The fourth-order valence-corrected chi connectivity index (χ4v) is 1.58. The maximum Gasteiger partial charge on any atom is 0.306 e. The third kappa shape index (κ3) is 3.76. The van der Waals surface area contributed by atoms with Crippen molar-refractivity contribution in [3.8, 4) is 0 Å². The lowest BCUT2D eigenvalue weighted by Gasteiger charge is -2.17. The van der Waals surface area contributed by atoms with Gasteiger partial charge in [-0.1, -0.05) is 20.8 Å². The first-order valence-electron chi connectivity index (χ1n) is 5.96. The molecule has 7 heteroatoms. The van der Waals surface area contributed by atoms with E-state index >= 15 is 0 Å². The first-order chi connectivity index (χ1) is 8.45. The molecule has 102 valence electrons. The molecule has 1 aromatic heterocycles. The minimum Gasteiger partial charge on any atom is -0.481 e. The van der Waals surface area contributed by atoms with Crippen LogP contribution in [-0.4, -0.2) is 44.5 Å². The van der Waals surface area contributed by atoms with E-state index in [0.717, 1.165) is 5.82 Å². The lowest BCUT2D eigenvalue weighted by atomic mass is 9.97. The maximum atomic E-state index is 10.7. The van der Waals surface area contributed by atoms with Gasteiger partial charge < -0.3 is 9.84 Å². The predicted octanol–water partition coefficient (Wildman–Crippen LogP) is 0.922. The predicted molar refractivity (Wildman–Crippen MR) is 64.1 cm³/mol. The highest BCUT2D eigenvalue weighted by Gasteiger charge is 2.21. The zero-order chi connectivity index (χ0) is 13.7. The van der Waals surface area contributed by atoms with Crippen molar-refractivity contribution < 1.29 is 14.6 Å². The van der Waals surface area contributed by atoms with Gasteiger partial charge in [-0.25, -0.2) is 4.68 Å². The number of nitrogens with zero attached hydrogens (tertiary/aromatic N) is 4.